The molecule has 0 radical (unpaired) electrons. The molecular formula is C23H19ClN2O4S. The van der Waals surface area contributed by atoms with Gasteiger partial charge in [0.2, 0.25) is 26.6 Å². The van der Waals surface area contributed by atoms with Gasteiger partial charge in [-0.05, 0) is 42.0 Å². The van der Waals surface area contributed by atoms with Crippen LogP contribution in [0.15, 0.2) is 93.2 Å². The summed E-state index contributed by atoms with van der Waals surface area (Å²) in [5, 5.41) is 3.31. The molecule has 1 N–H and O–H groups in total. The van der Waals surface area contributed by atoms with Crippen molar-refractivity contribution in [3.05, 3.63) is 89.4 Å². The van der Waals surface area contributed by atoms with E-state index in [4.69, 9.17) is 20.8 Å². The van der Waals surface area contributed by atoms with Gasteiger partial charge in [0, 0.05) is 11.6 Å². The first-order valence-electron chi connectivity index (χ1n) is 9.41. The molecule has 0 fully saturated rings. The Morgan fingerprint density at radius 2 is 1.65 bits per heavy atom. The van der Waals surface area contributed by atoms with Crippen molar-refractivity contribution >= 4 is 27.3 Å². The molecule has 8 heteroatoms. The van der Waals surface area contributed by atoms with E-state index in [1.807, 2.05) is 36.4 Å². The first kappa shape index (κ1) is 21.0. The highest BCUT2D eigenvalue weighted by Crippen LogP contribution is 2.36. The molecule has 0 amide bonds. The van der Waals surface area contributed by atoms with Gasteiger partial charge in [-0.3, -0.25) is 0 Å². The molecule has 0 aliphatic heterocycles. The lowest BCUT2D eigenvalue weighted by Crippen LogP contribution is -2.07. The van der Waals surface area contributed by atoms with Crippen LogP contribution in [0.1, 0.15) is 5.56 Å². The quantitative estimate of drug-likeness (QED) is 0.400. The maximum Gasteiger partial charge on any atom is 0.234 e. The van der Waals surface area contributed by atoms with Gasteiger partial charge < -0.3 is 14.5 Å². The van der Waals surface area contributed by atoms with Crippen LogP contribution >= 0.6 is 11.6 Å². The van der Waals surface area contributed by atoms with Crippen LogP contribution in [0.4, 0.5) is 5.88 Å². The van der Waals surface area contributed by atoms with Gasteiger partial charge in [0.15, 0.2) is 0 Å². The number of sulfone groups is 1. The van der Waals surface area contributed by atoms with Gasteiger partial charge in [-0.25, -0.2) is 8.42 Å². The molecule has 158 valence electrons. The Balaban J connectivity index is 1.80. The molecule has 4 rings (SSSR count). The fourth-order valence-corrected chi connectivity index (χ4v) is 4.44. The summed E-state index contributed by atoms with van der Waals surface area (Å²) in [5.74, 6) is 0.717. The number of aromatic nitrogens is 1. The standard InChI is InChI=1S/C23H19ClN2O4S/c1-29-20-10-6-5-9-19(20)21-26-23(31(27,28)18-13-11-17(24)12-14-18)22(30-21)25-15-16-7-3-2-4-8-16/h2-14,25H,15H2,1H3. The molecule has 0 unspecified atom stereocenters. The molecule has 31 heavy (non-hydrogen) atoms. The normalized spacial score (nSPS) is 11.3. The molecule has 0 saturated carbocycles. The third-order valence-electron chi connectivity index (χ3n) is 4.61. The summed E-state index contributed by atoms with van der Waals surface area (Å²) >= 11 is 5.92. The summed E-state index contributed by atoms with van der Waals surface area (Å²) in [6.07, 6.45) is 0. The van der Waals surface area contributed by atoms with E-state index < -0.39 is 9.84 Å². The minimum Gasteiger partial charge on any atom is -0.496 e. The minimum atomic E-state index is -3.96. The summed E-state index contributed by atoms with van der Waals surface area (Å²) in [7, 11) is -2.43. The Hall–Kier alpha value is -3.29. The molecule has 0 aliphatic rings. The maximum atomic E-state index is 13.3. The zero-order chi connectivity index (χ0) is 21.8. The largest absolute Gasteiger partial charge is 0.496 e. The maximum absolute atomic E-state index is 13.3. The highest BCUT2D eigenvalue weighted by Gasteiger charge is 2.29. The fraction of sp³-hybridized carbons (Fsp3) is 0.0870. The third kappa shape index (κ3) is 4.42. The van der Waals surface area contributed by atoms with Gasteiger partial charge in [0.25, 0.3) is 0 Å². The molecule has 0 spiro atoms. The molecule has 1 aromatic heterocycles. The average Bonchev–Trinajstić information content (AvgIpc) is 3.24. The van der Waals surface area contributed by atoms with Crippen molar-refractivity contribution in [2.75, 3.05) is 12.4 Å². The first-order valence-corrected chi connectivity index (χ1v) is 11.3. The van der Waals surface area contributed by atoms with E-state index in [-0.39, 0.29) is 21.7 Å². The monoisotopic (exact) mass is 454 g/mol. The number of hydrogen-bond donors (Lipinski definition) is 1. The number of ether oxygens (including phenoxy) is 1. The third-order valence-corrected chi connectivity index (χ3v) is 6.54. The molecule has 0 saturated heterocycles. The predicted molar refractivity (Wildman–Crippen MR) is 119 cm³/mol. The smallest absolute Gasteiger partial charge is 0.234 e. The van der Waals surface area contributed by atoms with Crippen molar-refractivity contribution in [1.82, 2.24) is 4.98 Å². The molecule has 3 aromatic carbocycles. The molecule has 0 aliphatic carbocycles. The summed E-state index contributed by atoms with van der Waals surface area (Å²) < 4.78 is 37.9. The Morgan fingerprint density at radius 3 is 2.35 bits per heavy atom. The second-order valence-electron chi connectivity index (χ2n) is 6.65. The second kappa shape index (κ2) is 8.83. The van der Waals surface area contributed by atoms with Crippen molar-refractivity contribution in [2.24, 2.45) is 0 Å². The number of nitrogens with one attached hydrogen (secondary N) is 1. The van der Waals surface area contributed by atoms with Crippen LogP contribution < -0.4 is 10.1 Å². The predicted octanol–water partition coefficient (Wildman–Crippen LogP) is 5.45. The number of benzene rings is 3. The Morgan fingerprint density at radius 1 is 0.968 bits per heavy atom. The van der Waals surface area contributed by atoms with Crippen molar-refractivity contribution in [2.45, 2.75) is 16.5 Å². The van der Waals surface area contributed by atoms with Crippen LogP contribution in [0.25, 0.3) is 11.5 Å². The zero-order valence-electron chi connectivity index (χ0n) is 16.6. The minimum absolute atomic E-state index is 0.0553. The van der Waals surface area contributed by atoms with E-state index in [0.717, 1.165) is 5.56 Å². The van der Waals surface area contributed by atoms with Crippen LogP contribution in [0, 0.1) is 0 Å². The van der Waals surface area contributed by atoms with E-state index in [2.05, 4.69) is 10.3 Å². The molecule has 0 atom stereocenters. The van der Waals surface area contributed by atoms with Crippen LogP contribution in [0.3, 0.4) is 0 Å². The van der Waals surface area contributed by atoms with Crippen LogP contribution in [0.2, 0.25) is 5.02 Å². The van der Waals surface area contributed by atoms with Crippen molar-refractivity contribution in [3.8, 4) is 17.2 Å². The van der Waals surface area contributed by atoms with E-state index >= 15 is 0 Å². The van der Waals surface area contributed by atoms with Crippen molar-refractivity contribution in [1.29, 1.82) is 0 Å². The number of anilines is 1. The number of rotatable bonds is 7. The number of nitrogens with zero attached hydrogens (tertiary/aromatic N) is 1. The topological polar surface area (TPSA) is 81.4 Å². The second-order valence-corrected chi connectivity index (χ2v) is 8.95. The lowest BCUT2D eigenvalue weighted by molar-refractivity contribution is 0.414. The number of oxazole rings is 1. The number of para-hydroxylation sites is 1. The highest BCUT2D eigenvalue weighted by molar-refractivity contribution is 7.91. The van der Waals surface area contributed by atoms with Crippen LogP contribution in [-0.4, -0.2) is 20.5 Å². The van der Waals surface area contributed by atoms with E-state index in [0.29, 0.717) is 22.9 Å². The molecule has 4 aromatic rings. The lowest BCUT2D eigenvalue weighted by atomic mass is 10.2. The Kier molecular flexibility index (Phi) is 5.97. The number of halogens is 1. The number of methoxy groups -OCH3 is 1. The molecule has 1 heterocycles. The summed E-state index contributed by atoms with van der Waals surface area (Å²) in [6, 6.07) is 22.6. The average molecular weight is 455 g/mol. The van der Waals surface area contributed by atoms with Gasteiger partial charge in [-0.15, -0.1) is 0 Å². The van der Waals surface area contributed by atoms with E-state index in [1.54, 1.807) is 18.2 Å². The lowest BCUT2D eigenvalue weighted by Gasteiger charge is -2.06. The van der Waals surface area contributed by atoms with Crippen molar-refractivity contribution < 1.29 is 17.6 Å². The van der Waals surface area contributed by atoms with Gasteiger partial charge in [0.1, 0.15) is 5.75 Å². The first-order chi connectivity index (χ1) is 15.0. The van der Waals surface area contributed by atoms with Crippen molar-refractivity contribution in [3.63, 3.8) is 0 Å². The highest BCUT2D eigenvalue weighted by atomic mass is 35.5. The fourth-order valence-electron chi connectivity index (χ4n) is 3.04. The number of hydrogen-bond acceptors (Lipinski definition) is 6. The van der Waals surface area contributed by atoms with Crippen LogP contribution in [-0.2, 0) is 16.4 Å². The SMILES string of the molecule is COc1ccccc1-c1nc(S(=O)(=O)c2ccc(Cl)cc2)c(NCc2ccccc2)o1. The molecule has 0 bridgehead atoms. The van der Waals surface area contributed by atoms with Gasteiger partial charge in [0.05, 0.1) is 17.6 Å². The summed E-state index contributed by atoms with van der Waals surface area (Å²) in [5.41, 5.74) is 1.51. The van der Waals surface area contributed by atoms with Gasteiger partial charge >= 0.3 is 0 Å². The van der Waals surface area contributed by atoms with Crippen LogP contribution in [0.5, 0.6) is 5.75 Å². The van der Waals surface area contributed by atoms with Gasteiger partial charge in [-0.1, -0.05) is 54.1 Å². The molecule has 6 nitrogen and oxygen atoms in total. The van der Waals surface area contributed by atoms with Gasteiger partial charge in [-0.2, -0.15) is 4.98 Å². The summed E-state index contributed by atoms with van der Waals surface area (Å²) in [4.78, 5) is 4.41. The Bertz CT molecular complexity index is 1290. The Labute approximate surface area is 185 Å². The molecular weight excluding hydrogens is 436 g/mol. The zero-order valence-corrected chi connectivity index (χ0v) is 18.2. The summed E-state index contributed by atoms with van der Waals surface area (Å²) in [6.45, 7) is 0.366. The van der Waals surface area contributed by atoms with E-state index in [1.165, 1.54) is 31.4 Å². The van der Waals surface area contributed by atoms with E-state index in [9.17, 15) is 8.42 Å².